The molecule has 3 heterocycles. The minimum absolute atomic E-state index is 0.110. The van der Waals surface area contributed by atoms with E-state index >= 15 is 0 Å². The van der Waals surface area contributed by atoms with Crippen LogP contribution in [-0.4, -0.2) is 60.2 Å². The van der Waals surface area contributed by atoms with Crippen molar-refractivity contribution in [3.63, 3.8) is 0 Å². The molecule has 1 saturated carbocycles. The minimum atomic E-state index is 0.110. The van der Waals surface area contributed by atoms with E-state index in [4.69, 9.17) is 14.7 Å². The zero-order valence-electron chi connectivity index (χ0n) is 15.9. The van der Waals surface area contributed by atoms with Gasteiger partial charge in [0.25, 0.3) is 0 Å². The van der Waals surface area contributed by atoms with Crippen LogP contribution in [0.3, 0.4) is 0 Å². The van der Waals surface area contributed by atoms with Crippen LogP contribution in [0.15, 0.2) is 0 Å². The fraction of sp³-hybridized carbons (Fsp3) is 0.650. The van der Waals surface area contributed by atoms with Gasteiger partial charge in [-0.05, 0) is 44.1 Å². The zero-order valence-corrected chi connectivity index (χ0v) is 16.7. The highest BCUT2D eigenvalue weighted by Gasteiger charge is 2.31. The smallest absolute Gasteiger partial charge is 0.230 e. The van der Waals surface area contributed by atoms with Gasteiger partial charge in [-0.2, -0.15) is 0 Å². The molecule has 1 aliphatic heterocycles. The van der Waals surface area contributed by atoms with Gasteiger partial charge in [0.15, 0.2) is 0 Å². The van der Waals surface area contributed by atoms with Crippen molar-refractivity contribution in [2.75, 3.05) is 38.3 Å². The first-order valence-corrected chi connectivity index (χ1v) is 10.9. The van der Waals surface area contributed by atoms with Gasteiger partial charge in [-0.15, -0.1) is 11.3 Å². The molecular weight excluding hydrogens is 360 g/mol. The van der Waals surface area contributed by atoms with Crippen molar-refractivity contribution in [2.24, 2.45) is 0 Å². The predicted molar refractivity (Wildman–Crippen MR) is 107 cm³/mol. The van der Waals surface area contributed by atoms with E-state index in [0.29, 0.717) is 38.2 Å². The molecule has 1 amide bonds. The first kappa shape index (κ1) is 17.4. The summed E-state index contributed by atoms with van der Waals surface area (Å²) in [4.78, 5) is 29.2. The van der Waals surface area contributed by atoms with Crippen LogP contribution in [0.5, 0.6) is 0 Å². The third-order valence-electron chi connectivity index (χ3n) is 5.94. The Morgan fingerprint density at radius 1 is 1.22 bits per heavy atom. The van der Waals surface area contributed by atoms with Gasteiger partial charge in [-0.1, -0.05) is 0 Å². The number of carbonyl (C=O) groups excluding carboxylic acids is 1. The first-order chi connectivity index (χ1) is 13.2. The van der Waals surface area contributed by atoms with Crippen molar-refractivity contribution in [1.29, 1.82) is 0 Å². The van der Waals surface area contributed by atoms with Crippen molar-refractivity contribution in [3.05, 3.63) is 16.3 Å². The van der Waals surface area contributed by atoms with Crippen LogP contribution in [0, 0.1) is 0 Å². The molecule has 0 radical (unpaired) electrons. The number of ether oxygens (including phenoxy) is 1. The quantitative estimate of drug-likeness (QED) is 0.808. The maximum atomic E-state index is 12.7. The lowest BCUT2D eigenvalue weighted by atomic mass is 9.97. The van der Waals surface area contributed by atoms with E-state index in [0.717, 1.165) is 23.5 Å². The Balaban J connectivity index is 1.52. The predicted octanol–water partition coefficient (Wildman–Crippen LogP) is 2.57. The van der Waals surface area contributed by atoms with Crippen LogP contribution < -0.4 is 4.90 Å². The molecule has 0 aromatic carbocycles. The number of carbonyl (C=O) groups is 1. The maximum Gasteiger partial charge on any atom is 0.230 e. The van der Waals surface area contributed by atoms with Crippen LogP contribution in [0.1, 0.15) is 41.9 Å². The maximum absolute atomic E-state index is 12.7. The zero-order chi connectivity index (χ0) is 18.4. The molecule has 0 unspecified atom stereocenters. The summed E-state index contributed by atoms with van der Waals surface area (Å²) in [6.45, 7) is 2.59. The van der Waals surface area contributed by atoms with Crippen LogP contribution in [0.4, 0.5) is 5.82 Å². The summed E-state index contributed by atoms with van der Waals surface area (Å²) >= 11 is 1.82. The van der Waals surface area contributed by atoms with E-state index < -0.39 is 0 Å². The summed E-state index contributed by atoms with van der Waals surface area (Å²) in [7, 11) is 2.15. The van der Waals surface area contributed by atoms with Crippen LogP contribution in [0.2, 0.25) is 0 Å². The molecule has 2 aliphatic carbocycles. The average Bonchev–Trinajstić information content (AvgIpc) is 3.48. The molecule has 0 N–H and O–H groups in total. The second-order valence-electron chi connectivity index (χ2n) is 7.87. The Kier molecular flexibility index (Phi) is 4.52. The van der Waals surface area contributed by atoms with Crippen molar-refractivity contribution < 1.29 is 9.53 Å². The summed E-state index contributed by atoms with van der Waals surface area (Å²) in [6, 6.07) is 0.588. The number of nitrogens with zero attached hydrogens (tertiary/aromatic N) is 4. The number of hydrogen-bond acceptors (Lipinski definition) is 6. The number of aromatic nitrogens is 2. The number of aryl methyl sites for hydroxylation is 2. The van der Waals surface area contributed by atoms with Crippen LogP contribution in [-0.2, 0) is 28.8 Å². The lowest BCUT2D eigenvalue weighted by Crippen LogP contribution is -2.41. The van der Waals surface area contributed by atoms with Gasteiger partial charge < -0.3 is 14.5 Å². The molecule has 1 saturated heterocycles. The number of fused-ring (bicyclic) bond motifs is 3. The molecule has 2 fully saturated rings. The molecule has 3 aliphatic rings. The molecule has 5 rings (SSSR count). The van der Waals surface area contributed by atoms with E-state index in [9.17, 15) is 4.79 Å². The van der Waals surface area contributed by atoms with Crippen molar-refractivity contribution in [1.82, 2.24) is 14.9 Å². The lowest BCUT2D eigenvalue weighted by molar-refractivity contribution is -0.134. The van der Waals surface area contributed by atoms with Crippen LogP contribution >= 0.6 is 11.3 Å². The summed E-state index contributed by atoms with van der Waals surface area (Å²) in [5.41, 5.74) is 1.47. The SMILES string of the molecule is CN(c1nc(CC(=O)N2CCOCC2)nc2sc3c(c12)CCCC3)C1CC1. The largest absolute Gasteiger partial charge is 0.378 e. The van der Waals surface area contributed by atoms with Gasteiger partial charge in [0.05, 0.1) is 25.0 Å². The molecule has 7 heteroatoms. The molecule has 6 nitrogen and oxygen atoms in total. The minimum Gasteiger partial charge on any atom is -0.378 e. The normalized spacial score (nSPS) is 20.0. The fourth-order valence-electron chi connectivity index (χ4n) is 4.21. The Bertz CT molecular complexity index is 870. The average molecular weight is 387 g/mol. The Labute approximate surface area is 163 Å². The van der Waals surface area contributed by atoms with Crippen LogP contribution in [0.25, 0.3) is 10.2 Å². The molecule has 2 aromatic rings. The Morgan fingerprint density at radius 3 is 2.78 bits per heavy atom. The molecule has 2 aromatic heterocycles. The van der Waals surface area contributed by atoms with Gasteiger partial charge >= 0.3 is 0 Å². The molecule has 0 atom stereocenters. The van der Waals surface area contributed by atoms with Crippen molar-refractivity contribution >= 4 is 33.3 Å². The highest BCUT2D eigenvalue weighted by Crippen LogP contribution is 2.41. The monoisotopic (exact) mass is 386 g/mol. The fourth-order valence-corrected chi connectivity index (χ4v) is 5.48. The topological polar surface area (TPSA) is 58.6 Å². The van der Waals surface area contributed by atoms with Crippen molar-refractivity contribution in [3.8, 4) is 0 Å². The number of morpholine rings is 1. The van der Waals surface area contributed by atoms with E-state index in [1.54, 1.807) is 0 Å². The van der Waals surface area contributed by atoms with Gasteiger partial charge in [0.1, 0.15) is 16.5 Å². The molecule has 0 bridgehead atoms. The van der Waals surface area contributed by atoms with Crippen molar-refractivity contribution in [2.45, 2.75) is 51.0 Å². The molecule has 0 spiro atoms. The Morgan fingerprint density at radius 2 is 2.00 bits per heavy atom. The summed E-state index contributed by atoms with van der Waals surface area (Å²) in [6.07, 6.45) is 7.56. The number of hydrogen-bond donors (Lipinski definition) is 0. The van der Waals surface area contributed by atoms with Gasteiger partial charge in [0, 0.05) is 31.1 Å². The van der Waals surface area contributed by atoms with E-state index in [1.807, 2.05) is 16.2 Å². The third kappa shape index (κ3) is 3.31. The summed E-state index contributed by atoms with van der Waals surface area (Å²) in [5.74, 6) is 1.82. The van der Waals surface area contributed by atoms with E-state index in [-0.39, 0.29) is 12.3 Å². The second-order valence-corrected chi connectivity index (χ2v) is 8.95. The third-order valence-corrected chi connectivity index (χ3v) is 7.13. The standard InChI is InChI=1S/C20H26N4O2S/c1-23(13-6-7-13)19-18-14-4-2-3-5-15(14)27-20(18)22-16(21-19)12-17(25)24-8-10-26-11-9-24/h13H,2-12H2,1H3. The molecule has 144 valence electrons. The highest BCUT2D eigenvalue weighted by atomic mass is 32.1. The highest BCUT2D eigenvalue weighted by molar-refractivity contribution is 7.19. The van der Waals surface area contributed by atoms with Gasteiger partial charge in [-0.25, -0.2) is 9.97 Å². The number of amides is 1. The molecular formula is C20H26N4O2S. The first-order valence-electron chi connectivity index (χ1n) is 10.1. The van der Waals surface area contributed by atoms with E-state index in [2.05, 4.69) is 11.9 Å². The lowest BCUT2D eigenvalue weighted by Gasteiger charge is -2.27. The summed E-state index contributed by atoms with van der Waals surface area (Å²) < 4.78 is 5.36. The molecule has 27 heavy (non-hydrogen) atoms. The second kappa shape index (κ2) is 7.02. The van der Waals surface area contributed by atoms with Gasteiger partial charge in [0.2, 0.25) is 5.91 Å². The number of anilines is 1. The Hall–Kier alpha value is -1.73. The van der Waals surface area contributed by atoms with Gasteiger partial charge in [-0.3, -0.25) is 4.79 Å². The number of rotatable bonds is 4. The number of thiophene rings is 1. The summed E-state index contributed by atoms with van der Waals surface area (Å²) in [5, 5.41) is 1.26. The van der Waals surface area contributed by atoms with E-state index in [1.165, 1.54) is 41.5 Å².